The minimum atomic E-state index is -0.311. The number of aliphatic hydroxyl groups is 1. The summed E-state index contributed by atoms with van der Waals surface area (Å²) >= 11 is 0. The number of carbonyl (C=O) groups is 1. The molecular formula is C16H21N6O2+. The summed E-state index contributed by atoms with van der Waals surface area (Å²) in [6.07, 6.45) is 7.64. The highest BCUT2D eigenvalue weighted by Crippen LogP contribution is 2.22. The lowest BCUT2D eigenvalue weighted by Crippen LogP contribution is -2.29. The van der Waals surface area contributed by atoms with Gasteiger partial charge in [-0.2, -0.15) is 5.10 Å². The molecule has 0 saturated carbocycles. The van der Waals surface area contributed by atoms with Crippen LogP contribution in [0.25, 0.3) is 0 Å². The Bertz CT molecular complexity index is 799. The van der Waals surface area contributed by atoms with Crippen LogP contribution in [0.15, 0.2) is 35.1 Å². The van der Waals surface area contributed by atoms with Gasteiger partial charge in [0.25, 0.3) is 0 Å². The van der Waals surface area contributed by atoms with Crippen molar-refractivity contribution in [3.05, 3.63) is 30.1 Å². The van der Waals surface area contributed by atoms with Crippen LogP contribution in [0.2, 0.25) is 0 Å². The minimum Gasteiger partial charge on any atom is -0.386 e. The van der Waals surface area contributed by atoms with Crippen molar-refractivity contribution in [1.82, 2.24) is 15.1 Å². The van der Waals surface area contributed by atoms with E-state index < -0.39 is 0 Å². The number of carbonyl (C=O) groups excluding carboxylic acids is 1. The van der Waals surface area contributed by atoms with E-state index in [1.165, 1.54) is 11.6 Å². The molecule has 24 heavy (non-hydrogen) atoms. The molecule has 1 aliphatic heterocycles. The smallest absolute Gasteiger partial charge is 0.221 e. The van der Waals surface area contributed by atoms with Crippen molar-refractivity contribution in [2.75, 3.05) is 18.8 Å². The highest BCUT2D eigenvalue weighted by Gasteiger charge is 2.27. The molecule has 1 atom stereocenters. The number of β-amino-alcohol motifs (C(OH)–C–C–N with tert-alkyl or cyclic N) is 1. The number of amides is 1. The summed E-state index contributed by atoms with van der Waals surface area (Å²) in [7, 11) is 1.74. The van der Waals surface area contributed by atoms with E-state index in [4.69, 9.17) is 5.73 Å². The SMILES string of the molecule is CC(=O)NC1=CC(=[N+]2\CCC(O)C2)/C=CC/1=N/c1cnn(C)c1N. The Labute approximate surface area is 139 Å². The number of nitrogens with two attached hydrogens (primary N) is 1. The van der Waals surface area contributed by atoms with Crippen molar-refractivity contribution < 1.29 is 14.5 Å². The molecule has 4 N–H and O–H groups in total. The Morgan fingerprint density at radius 3 is 2.92 bits per heavy atom. The average Bonchev–Trinajstić information content (AvgIpc) is 3.09. The van der Waals surface area contributed by atoms with Crippen LogP contribution in [0.4, 0.5) is 11.5 Å². The lowest BCUT2D eigenvalue weighted by molar-refractivity contribution is -0.508. The van der Waals surface area contributed by atoms with Gasteiger partial charge in [-0.25, -0.2) is 9.57 Å². The van der Waals surface area contributed by atoms with E-state index in [9.17, 15) is 9.90 Å². The molecule has 0 radical (unpaired) electrons. The largest absolute Gasteiger partial charge is 0.386 e. The van der Waals surface area contributed by atoms with Gasteiger partial charge in [-0.15, -0.1) is 0 Å². The van der Waals surface area contributed by atoms with Crippen molar-refractivity contribution in [1.29, 1.82) is 0 Å². The normalized spacial score (nSPS) is 25.2. The summed E-state index contributed by atoms with van der Waals surface area (Å²) in [5, 5.41) is 16.6. The number of nitrogens with one attached hydrogen (secondary N) is 1. The third-order valence-corrected chi connectivity index (χ3v) is 4.02. The second kappa shape index (κ2) is 6.40. The second-order valence-corrected chi connectivity index (χ2v) is 5.92. The number of aliphatic imine (C=N–C) groups is 1. The van der Waals surface area contributed by atoms with Crippen LogP contribution in [-0.2, 0) is 11.8 Å². The van der Waals surface area contributed by atoms with E-state index in [0.29, 0.717) is 29.5 Å². The van der Waals surface area contributed by atoms with Crippen molar-refractivity contribution in [3.63, 3.8) is 0 Å². The Balaban J connectivity index is 1.97. The summed E-state index contributed by atoms with van der Waals surface area (Å²) in [5.74, 6) is 0.278. The lowest BCUT2D eigenvalue weighted by atomic mass is 10.1. The number of aryl methyl sites for hydroxylation is 1. The van der Waals surface area contributed by atoms with Crippen LogP contribution >= 0.6 is 0 Å². The Hall–Kier alpha value is -2.74. The van der Waals surface area contributed by atoms with Gasteiger partial charge in [-0.3, -0.25) is 9.48 Å². The van der Waals surface area contributed by atoms with E-state index >= 15 is 0 Å². The fourth-order valence-electron chi connectivity index (χ4n) is 2.74. The molecule has 2 heterocycles. The Morgan fingerprint density at radius 2 is 2.33 bits per heavy atom. The molecule has 0 bridgehead atoms. The maximum Gasteiger partial charge on any atom is 0.221 e. The number of hydrogen-bond acceptors (Lipinski definition) is 5. The summed E-state index contributed by atoms with van der Waals surface area (Å²) in [6.45, 7) is 2.83. The molecule has 8 heteroatoms. The van der Waals surface area contributed by atoms with E-state index in [-0.39, 0.29) is 12.0 Å². The Morgan fingerprint density at radius 1 is 1.54 bits per heavy atom. The van der Waals surface area contributed by atoms with E-state index in [1.807, 2.05) is 18.2 Å². The summed E-state index contributed by atoms with van der Waals surface area (Å²) in [6, 6.07) is 0. The predicted octanol–water partition coefficient (Wildman–Crippen LogP) is -0.117. The van der Waals surface area contributed by atoms with E-state index in [1.54, 1.807) is 13.2 Å². The quantitative estimate of drug-likeness (QED) is 0.519. The molecule has 1 amide bonds. The first-order chi connectivity index (χ1) is 11.4. The maximum atomic E-state index is 11.5. The minimum absolute atomic E-state index is 0.177. The molecule has 1 unspecified atom stereocenters. The molecule has 8 nitrogen and oxygen atoms in total. The van der Waals surface area contributed by atoms with Crippen molar-refractivity contribution in [2.45, 2.75) is 19.4 Å². The van der Waals surface area contributed by atoms with Gasteiger partial charge in [0.05, 0.1) is 17.6 Å². The van der Waals surface area contributed by atoms with Crippen molar-refractivity contribution in [3.8, 4) is 0 Å². The van der Waals surface area contributed by atoms with Gasteiger partial charge in [0, 0.05) is 32.5 Å². The van der Waals surface area contributed by atoms with Crippen molar-refractivity contribution in [2.24, 2.45) is 12.0 Å². The Kier molecular flexibility index (Phi) is 4.30. The molecule has 0 aromatic carbocycles. The first-order valence-electron chi connectivity index (χ1n) is 7.78. The lowest BCUT2D eigenvalue weighted by Gasteiger charge is -2.12. The summed E-state index contributed by atoms with van der Waals surface area (Å²) in [4.78, 5) is 16.0. The number of allylic oxidation sites excluding steroid dienone is 3. The van der Waals surface area contributed by atoms with Crippen LogP contribution in [-0.4, -0.2) is 56.0 Å². The third kappa shape index (κ3) is 3.28. The number of aromatic nitrogens is 2. The van der Waals surface area contributed by atoms with Gasteiger partial charge in [0.2, 0.25) is 11.6 Å². The molecule has 1 saturated heterocycles. The van der Waals surface area contributed by atoms with Gasteiger partial charge in [-0.05, 0) is 6.08 Å². The maximum absolute atomic E-state index is 11.5. The fraction of sp³-hybridized carbons (Fsp3) is 0.375. The van der Waals surface area contributed by atoms with Crippen LogP contribution in [0.3, 0.4) is 0 Å². The van der Waals surface area contributed by atoms with Crippen LogP contribution in [0.1, 0.15) is 13.3 Å². The molecule has 0 spiro atoms. The van der Waals surface area contributed by atoms with Gasteiger partial charge in [-0.1, -0.05) is 0 Å². The molecule has 3 rings (SSSR count). The van der Waals surface area contributed by atoms with Gasteiger partial charge in [0.1, 0.15) is 24.2 Å². The number of nitrogen functional groups attached to an aromatic ring is 1. The molecule has 1 aromatic rings. The van der Waals surface area contributed by atoms with Gasteiger partial charge in [0.15, 0.2) is 6.54 Å². The van der Waals surface area contributed by atoms with E-state index in [0.717, 1.165) is 18.7 Å². The monoisotopic (exact) mass is 329 g/mol. The number of aliphatic hydroxyl groups excluding tert-OH is 1. The predicted molar refractivity (Wildman–Crippen MR) is 91.4 cm³/mol. The average molecular weight is 329 g/mol. The number of anilines is 1. The zero-order valence-corrected chi connectivity index (χ0v) is 13.7. The topological polar surface area (TPSA) is 109 Å². The zero-order chi connectivity index (χ0) is 17.3. The van der Waals surface area contributed by atoms with E-state index in [2.05, 4.69) is 20.0 Å². The summed E-state index contributed by atoms with van der Waals surface area (Å²) < 4.78 is 3.62. The van der Waals surface area contributed by atoms with Crippen LogP contribution in [0.5, 0.6) is 0 Å². The molecule has 126 valence electrons. The van der Waals surface area contributed by atoms with Crippen LogP contribution in [0, 0.1) is 0 Å². The summed E-state index contributed by atoms with van der Waals surface area (Å²) in [5.41, 5.74) is 8.62. The highest BCUT2D eigenvalue weighted by molar-refractivity contribution is 6.21. The number of hydrogen-bond donors (Lipinski definition) is 3. The molecule has 2 aliphatic rings. The zero-order valence-electron chi connectivity index (χ0n) is 13.7. The number of nitrogens with zero attached hydrogens (tertiary/aromatic N) is 4. The highest BCUT2D eigenvalue weighted by atomic mass is 16.3. The van der Waals surface area contributed by atoms with Crippen molar-refractivity contribution >= 4 is 28.8 Å². The first-order valence-corrected chi connectivity index (χ1v) is 7.78. The standard InChI is InChI=1S/C16H20N6O2/c1-10(23)19-14-7-11(22-6-5-12(24)9-22)3-4-13(14)20-15-8-18-21(2)16(15)17/h3-4,7-8,12,24H,5-6,9H2,1-2H3,(H2,17,18,19,23)/p+1. The molecule has 1 aliphatic carbocycles. The second-order valence-electron chi connectivity index (χ2n) is 5.92. The molecular weight excluding hydrogens is 308 g/mol. The number of rotatable bonds is 2. The first kappa shape index (κ1) is 16.1. The molecule has 1 fully saturated rings. The van der Waals surface area contributed by atoms with Gasteiger partial charge >= 0.3 is 0 Å². The van der Waals surface area contributed by atoms with Gasteiger partial charge < -0.3 is 16.2 Å². The third-order valence-electron chi connectivity index (χ3n) is 4.02. The molecule has 1 aromatic heterocycles. The fourth-order valence-corrected chi connectivity index (χ4v) is 2.74. The van der Waals surface area contributed by atoms with Crippen LogP contribution < -0.4 is 11.1 Å².